The molecule has 0 aliphatic carbocycles. The molecular weight excluding hydrogens is 427 g/mol. The van der Waals surface area contributed by atoms with Crippen LogP contribution in [-0.4, -0.2) is 14.9 Å². The highest BCUT2D eigenvalue weighted by atomic mass is 79.9. The van der Waals surface area contributed by atoms with E-state index in [4.69, 9.17) is 23.8 Å². The number of benzene rings is 2. The summed E-state index contributed by atoms with van der Waals surface area (Å²) in [5.41, 5.74) is 1.25. The Bertz CT molecular complexity index is 915. The number of anilines is 2. The van der Waals surface area contributed by atoms with E-state index in [2.05, 4.69) is 31.7 Å². The molecule has 1 aromatic heterocycles. The number of para-hydroxylation sites is 1. The van der Waals surface area contributed by atoms with Crippen molar-refractivity contribution in [3.8, 4) is 0 Å². The average Bonchev–Trinajstić information content (AvgIpc) is 2.91. The number of aromatic nitrogens is 2. The highest BCUT2D eigenvalue weighted by Crippen LogP contribution is 2.23. The van der Waals surface area contributed by atoms with Crippen molar-refractivity contribution in [3.05, 3.63) is 75.6 Å². The second kappa shape index (κ2) is 7.95. The van der Waals surface area contributed by atoms with Gasteiger partial charge in [0.25, 0.3) is 0 Å². The molecule has 0 saturated heterocycles. The lowest BCUT2D eigenvalue weighted by Gasteiger charge is -2.10. The van der Waals surface area contributed by atoms with Crippen molar-refractivity contribution in [2.75, 3.05) is 10.6 Å². The molecule has 2 aromatic carbocycles. The zero-order chi connectivity index (χ0) is 17.8. The maximum absolute atomic E-state index is 13.8. The van der Waals surface area contributed by atoms with Crippen molar-refractivity contribution in [3.63, 3.8) is 0 Å². The minimum absolute atomic E-state index is 0.264. The zero-order valence-corrected chi connectivity index (χ0v) is 16.0. The molecular formula is C17H13BrClFN4S. The second-order valence-electron chi connectivity index (χ2n) is 5.17. The molecule has 0 spiro atoms. The van der Waals surface area contributed by atoms with Gasteiger partial charge in [-0.25, -0.2) is 4.39 Å². The molecule has 0 saturated carbocycles. The zero-order valence-electron chi connectivity index (χ0n) is 12.8. The number of nitrogens with one attached hydrogen (secondary N) is 2. The van der Waals surface area contributed by atoms with Gasteiger partial charge in [0.2, 0.25) is 0 Å². The average molecular weight is 440 g/mol. The second-order valence-corrected chi connectivity index (χ2v) is 6.84. The maximum atomic E-state index is 13.8. The molecule has 0 atom stereocenters. The third-order valence-electron chi connectivity index (χ3n) is 3.36. The molecule has 3 rings (SSSR count). The molecule has 3 aromatic rings. The molecule has 0 fully saturated rings. The van der Waals surface area contributed by atoms with E-state index in [0.29, 0.717) is 38.2 Å². The number of halogens is 3. The fourth-order valence-electron chi connectivity index (χ4n) is 2.19. The number of hydrogen-bond acceptors (Lipinski definition) is 2. The van der Waals surface area contributed by atoms with E-state index in [1.54, 1.807) is 35.1 Å². The Kier molecular flexibility index (Phi) is 5.67. The van der Waals surface area contributed by atoms with Gasteiger partial charge in [-0.1, -0.05) is 41.9 Å². The normalized spacial score (nSPS) is 10.5. The van der Waals surface area contributed by atoms with Crippen LogP contribution in [0.15, 0.2) is 59.2 Å². The van der Waals surface area contributed by atoms with Gasteiger partial charge < -0.3 is 10.6 Å². The van der Waals surface area contributed by atoms with Crippen molar-refractivity contribution in [1.82, 2.24) is 9.78 Å². The molecule has 0 radical (unpaired) electrons. The highest BCUT2D eigenvalue weighted by Gasteiger charge is 2.11. The van der Waals surface area contributed by atoms with E-state index in [1.807, 2.05) is 18.2 Å². The van der Waals surface area contributed by atoms with E-state index >= 15 is 0 Å². The number of thiocarbonyl (C=S) groups is 1. The first kappa shape index (κ1) is 17.8. The summed E-state index contributed by atoms with van der Waals surface area (Å²) in [6, 6.07) is 13.9. The van der Waals surface area contributed by atoms with Crippen LogP contribution in [-0.2, 0) is 6.54 Å². The van der Waals surface area contributed by atoms with Crippen LogP contribution in [0.2, 0.25) is 5.02 Å². The standard InChI is InChI=1S/C17H13BrClFN4S/c18-12-10-24(9-11-5-1-3-7-14(11)20)23-16(12)22-17(25)21-15-8-4-2-6-13(15)19/h1-8,10H,9H2,(H2,21,22,23,25). The lowest BCUT2D eigenvalue weighted by Crippen LogP contribution is -2.20. The van der Waals surface area contributed by atoms with Gasteiger partial charge in [0.1, 0.15) is 5.82 Å². The minimum atomic E-state index is -0.264. The Labute approximate surface area is 163 Å². The fourth-order valence-corrected chi connectivity index (χ4v) is 2.99. The van der Waals surface area contributed by atoms with Crippen LogP contribution in [0.3, 0.4) is 0 Å². The maximum Gasteiger partial charge on any atom is 0.176 e. The van der Waals surface area contributed by atoms with E-state index in [0.717, 1.165) is 0 Å². The van der Waals surface area contributed by atoms with Crippen molar-refractivity contribution in [1.29, 1.82) is 0 Å². The summed E-state index contributed by atoms with van der Waals surface area (Å²) in [5.74, 6) is 0.264. The van der Waals surface area contributed by atoms with Gasteiger partial charge in [0, 0.05) is 11.8 Å². The van der Waals surface area contributed by atoms with Crippen LogP contribution in [0.25, 0.3) is 0 Å². The molecule has 128 valence electrons. The van der Waals surface area contributed by atoms with Gasteiger partial charge in [-0.3, -0.25) is 4.68 Å². The summed E-state index contributed by atoms with van der Waals surface area (Å²) in [5, 5.41) is 11.3. The lowest BCUT2D eigenvalue weighted by molar-refractivity contribution is 0.586. The largest absolute Gasteiger partial charge is 0.331 e. The Balaban J connectivity index is 1.69. The van der Waals surface area contributed by atoms with Gasteiger partial charge in [-0.15, -0.1) is 0 Å². The van der Waals surface area contributed by atoms with Gasteiger partial charge in [-0.2, -0.15) is 5.10 Å². The van der Waals surface area contributed by atoms with Crippen molar-refractivity contribution in [2.24, 2.45) is 0 Å². The molecule has 0 unspecified atom stereocenters. The Morgan fingerprint density at radius 3 is 2.64 bits per heavy atom. The smallest absolute Gasteiger partial charge is 0.176 e. The van der Waals surface area contributed by atoms with Crippen LogP contribution in [0.1, 0.15) is 5.56 Å². The van der Waals surface area contributed by atoms with Gasteiger partial charge in [0.05, 0.1) is 21.7 Å². The van der Waals surface area contributed by atoms with E-state index in [9.17, 15) is 4.39 Å². The van der Waals surface area contributed by atoms with Gasteiger partial charge in [0.15, 0.2) is 10.9 Å². The molecule has 1 heterocycles. The first-order valence-corrected chi connectivity index (χ1v) is 8.90. The number of nitrogens with zero attached hydrogens (tertiary/aromatic N) is 2. The Morgan fingerprint density at radius 2 is 1.88 bits per heavy atom. The number of rotatable bonds is 4. The van der Waals surface area contributed by atoms with E-state index in [1.165, 1.54) is 6.07 Å². The monoisotopic (exact) mass is 438 g/mol. The van der Waals surface area contributed by atoms with Crippen LogP contribution in [0, 0.1) is 5.82 Å². The van der Waals surface area contributed by atoms with Crippen LogP contribution < -0.4 is 10.6 Å². The quantitative estimate of drug-likeness (QED) is 0.542. The van der Waals surface area contributed by atoms with Gasteiger partial charge >= 0.3 is 0 Å². The minimum Gasteiger partial charge on any atom is -0.331 e. The van der Waals surface area contributed by atoms with Crippen LogP contribution >= 0.6 is 39.7 Å². The molecule has 0 bridgehead atoms. The molecule has 25 heavy (non-hydrogen) atoms. The van der Waals surface area contributed by atoms with Crippen LogP contribution in [0.4, 0.5) is 15.9 Å². The summed E-state index contributed by atoms with van der Waals surface area (Å²) in [6.07, 6.45) is 1.76. The SMILES string of the molecule is Fc1ccccc1Cn1cc(Br)c(NC(=S)Nc2ccccc2Cl)n1. The molecule has 8 heteroatoms. The fraction of sp³-hybridized carbons (Fsp3) is 0.0588. The number of hydrogen-bond donors (Lipinski definition) is 2. The predicted molar refractivity (Wildman–Crippen MR) is 107 cm³/mol. The Morgan fingerprint density at radius 1 is 1.16 bits per heavy atom. The molecule has 0 aliphatic heterocycles. The highest BCUT2D eigenvalue weighted by molar-refractivity contribution is 9.10. The molecule has 2 N–H and O–H groups in total. The first-order chi connectivity index (χ1) is 12.0. The summed E-state index contributed by atoms with van der Waals surface area (Å²) in [7, 11) is 0. The van der Waals surface area contributed by atoms with E-state index < -0.39 is 0 Å². The third-order valence-corrected chi connectivity index (χ3v) is 4.48. The van der Waals surface area contributed by atoms with Crippen molar-refractivity contribution in [2.45, 2.75) is 6.54 Å². The first-order valence-electron chi connectivity index (χ1n) is 7.32. The van der Waals surface area contributed by atoms with Crippen LogP contribution in [0.5, 0.6) is 0 Å². The summed E-state index contributed by atoms with van der Waals surface area (Å²) in [4.78, 5) is 0. The lowest BCUT2D eigenvalue weighted by atomic mass is 10.2. The summed E-state index contributed by atoms with van der Waals surface area (Å²) >= 11 is 14.8. The summed E-state index contributed by atoms with van der Waals surface area (Å²) < 4.78 is 16.1. The Hall–Kier alpha value is -1.96. The van der Waals surface area contributed by atoms with E-state index in [-0.39, 0.29) is 5.82 Å². The molecule has 4 nitrogen and oxygen atoms in total. The van der Waals surface area contributed by atoms with Gasteiger partial charge in [-0.05, 0) is 46.3 Å². The van der Waals surface area contributed by atoms with Crippen molar-refractivity contribution < 1.29 is 4.39 Å². The topological polar surface area (TPSA) is 41.9 Å². The predicted octanol–water partition coefficient (Wildman–Crippen LogP) is 5.30. The van der Waals surface area contributed by atoms with Crippen molar-refractivity contribution >= 4 is 56.4 Å². The third kappa shape index (κ3) is 4.56. The molecule has 0 aliphatic rings. The molecule has 0 amide bonds. The summed E-state index contributed by atoms with van der Waals surface area (Å²) in [6.45, 7) is 0.317.